The summed E-state index contributed by atoms with van der Waals surface area (Å²) in [4.78, 5) is 17.6. The first-order chi connectivity index (χ1) is 18.1. The summed E-state index contributed by atoms with van der Waals surface area (Å²) in [6.45, 7) is 7.13. The maximum Gasteiger partial charge on any atom is 0.322 e. The van der Waals surface area contributed by atoms with Crippen molar-refractivity contribution in [2.24, 2.45) is 0 Å². The molecule has 3 aromatic rings. The van der Waals surface area contributed by atoms with Gasteiger partial charge >= 0.3 is 6.03 Å². The van der Waals surface area contributed by atoms with Crippen LogP contribution < -0.4 is 19.5 Å². The SMILES string of the molecule is CCOc1ccc(NC(=O)N(CCN2CCCC2)Cc2ccc(OC)c(OCc3ccccc3)c2)cc1. The lowest BCUT2D eigenvalue weighted by Crippen LogP contribution is -2.40. The Bertz CT molecular complexity index is 1120. The van der Waals surface area contributed by atoms with Crippen LogP contribution in [0, 0.1) is 0 Å². The van der Waals surface area contributed by atoms with Gasteiger partial charge in [0.2, 0.25) is 0 Å². The number of nitrogens with one attached hydrogen (secondary N) is 1. The fraction of sp³-hybridized carbons (Fsp3) is 0.367. The normalized spacial score (nSPS) is 13.2. The van der Waals surface area contributed by atoms with Crippen LogP contribution >= 0.6 is 0 Å². The Morgan fingerprint density at radius 1 is 0.919 bits per heavy atom. The Kier molecular flexibility index (Phi) is 9.66. The predicted octanol–water partition coefficient (Wildman–Crippen LogP) is 5.80. The minimum Gasteiger partial charge on any atom is -0.494 e. The van der Waals surface area contributed by atoms with E-state index in [1.54, 1.807) is 7.11 Å². The highest BCUT2D eigenvalue weighted by molar-refractivity contribution is 5.89. The van der Waals surface area contributed by atoms with E-state index >= 15 is 0 Å². The van der Waals surface area contributed by atoms with Crippen molar-refractivity contribution in [2.75, 3.05) is 45.2 Å². The van der Waals surface area contributed by atoms with Gasteiger partial charge in [-0.15, -0.1) is 0 Å². The van der Waals surface area contributed by atoms with E-state index in [4.69, 9.17) is 14.2 Å². The van der Waals surface area contributed by atoms with Crippen molar-refractivity contribution in [3.8, 4) is 17.2 Å². The number of methoxy groups -OCH3 is 1. The van der Waals surface area contributed by atoms with Gasteiger partial charge in [-0.3, -0.25) is 0 Å². The molecule has 4 rings (SSSR count). The van der Waals surface area contributed by atoms with E-state index in [2.05, 4.69) is 10.2 Å². The van der Waals surface area contributed by atoms with Crippen LogP contribution in [-0.2, 0) is 13.2 Å². The molecule has 0 aromatic heterocycles. The summed E-state index contributed by atoms with van der Waals surface area (Å²) in [5.41, 5.74) is 2.80. The van der Waals surface area contributed by atoms with Crippen LogP contribution in [0.5, 0.6) is 17.2 Å². The zero-order valence-electron chi connectivity index (χ0n) is 21.8. The van der Waals surface area contributed by atoms with Crippen LogP contribution in [0.3, 0.4) is 0 Å². The van der Waals surface area contributed by atoms with E-state index in [1.165, 1.54) is 12.8 Å². The van der Waals surface area contributed by atoms with Crippen molar-refractivity contribution in [2.45, 2.75) is 32.9 Å². The highest BCUT2D eigenvalue weighted by Gasteiger charge is 2.19. The summed E-state index contributed by atoms with van der Waals surface area (Å²) in [7, 11) is 1.64. The summed E-state index contributed by atoms with van der Waals surface area (Å²) < 4.78 is 17.1. The third kappa shape index (κ3) is 7.89. The molecule has 196 valence electrons. The van der Waals surface area contributed by atoms with E-state index in [0.717, 1.165) is 42.2 Å². The third-order valence-corrected chi connectivity index (χ3v) is 6.43. The largest absolute Gasteiger partial charge is 0.494 e. The summed E-state index contributed by atoms with van der Waals surface area (Å²) in [6.07, 6.45) is 2.44. The molecule has 1 fully saturated rings. The summed E-state index contributed by atoms with van der Waals surface area (Å²) >= 11 is 0. The summed E-state index contributed by atoms with van der Waals surface area (Å²) in [5.74, 6) is 2.12. The van der Waals surface area contributed by atoms with Crippen LogP contribution in [0.2, 0.25) is 0 Å². The molecule has 7 heteroatoms. The lowest BCUT2D eigenvalue weighted by Gasteiger charge is -2.26. The van der Waals surface area contributed by atoms with Crippen molar-refractivity contribution in [1.82, 2.24) is 9.80 Å². The maximum atomic E-state index is 13.4. The number of urea groups is 1. The van der Waals surface area contributed by atoms with Crippen LogP contribution in [0.1, 0.15) is 30.9 Å². The highest BCUT2D eigenvalue weighted by atomic mass is 16.5. The van der Waals surface area contributed by atoms with E-state index in [9.17, 15) is 4.79 Å². The smallest absolute Gasteiger partial charge is 0.322 e. The number of carbonyl (C=O) groups is 1. The van der Waals surface area contributed by atoms with Crippen molar-refractivity contribution >= 4 is 11.7 Å². The lowest BCUT2D eigenvalue weighted by atomic mass is 10.2. The first kappa shape index (κ1) is 26.4. The Hall–Kier alpha value is -3.71. The topological polar surface area (TPSA) is 63.3 Å². The molecule has 0 radical (unpaired) electrons. The maximum absolute atomic E-state index is 13.4. The van der Waals surface area contributed by atoms with Gasteiger partial charge in [-0.25, -0.2) is 4.79 Å². The Labute approximate surface area is 219 Å². The van der Waals surface area contributed by atoms with E-state index < -0.39 is 0 Å². The minimum atomic E-state index is -0.133. The number of rotatable bonds is 12. The second-order valence-electron chi connectivity index (χ2n) is 9.12. The number of anilines is 1. The highest BCUT2D eigenvalue weighted by Crippen LogP contribution is 2.29. The number of likely N-dealkylation sites (tertiary alicyclic amines) is 1. The van der Waals surface area contributed by atoms with Gasteiger partial charge in [-0.2, -0.15) is 0 Å². The molecule has 1 aliphatic rings. The van der Waals surface area contributed by atoms with Crippen LogP contribution in [-0.4, -0.2) is 55.7 Å². The Morgan fingerprint density at radius 2 is 1.68 bits per heavy atom. The van der Waals surface area contributed by atoms with Crippen molar-refractivity contribution in [3.05, 3.63) is 83.9 Å². The van der Waals surface area contributed by atoms with Gasteiger partial charge < -0.3 is 29.3 Å². The molecule has 0 atom stereocenters. The summed E-state index contributed by atoms with van der Waals surface area (Å²) in [5, 5.41) is 3.05. The second-order valence-corrected chi connectivity index (χ2v) is 9.12. The lowest BCUT2D eigenvalue weighted by molar-refractivity contribution is 0.197. The van der Waals surface area contributed by atoms with Crippen LogP contribution in [0.25, 0.3) is 0 Å². The molecule has 1 aliphatic heterocycles. The predicted molar refractivity (Wildman–Crippen MR) is 146 cm³/mol. The second kappa shape index (κ2) is 13.6. The molecular formula is C30H37N3O4. The number of hydrogen-bond donors (Lipinski definition) is 1. The van der Waals surface area contributed by atoms with Gasteiger partial charge in [-0.05, 0) is 80.4 Å². The van der Waals surface area contributed by atoms with Crippen molar-refractivity contribution in [1.29, 1.82) is 0 Å². The molecule has 0 unspecified atom stereocenters. The Morgan fingerprint density at radius 3 is 2.38 bits per heavy atom. The van der Waals surface area contributed by atoms with Gasteiger partial charge in [0.15, 0.2) is 11.5 Å². The number of amides is 2. The summed E-state index contributed by atoms with van der Waals surface area (Å²) in [6, 6.07) is 23.2. The molecular weight excluding hydrogens is 466 g/mol. The zero-order valence-corrected chi connectivity index (χ0v) is 21.8. The molecule has 0 spiro atoms. The molecule has 2 amide bonds. The number of hydrogen-bond acceptors (Lipinski definition) is 5. The van der Waals surface area contributed by atoms with E-state index in [-0.39, 0.29) is 6.03 Å². The van der Waals surface area contributed by atoms with Gasteiger partial charge in [0.05, 0.1) is 13.7 Å². The molecule has 7 nitrogen and oxygen atoms in total. The first-order valence-corrected chi connectivity index (χ1v) is 13.0. The third-order valence-electron chi connectivity index (χ3n) is 6.43. The molecule has 37 heavy (non-hydrogen) atoms. The average Bonchev–Trinajstić information content (AvgIpc) is 3.45. The quantitative estimate of drug-likeness (QED) is 0.338. The standard InChI is InChI=1S/C30H37N3O4/c1-3-36-27-14-12-26(13-15-27)31-30(34)33(20-19-32-17-7-8-18-32)22-25-11-16-28(35-2)29(21-25)37-23-24-9-5-4-6-10-24/h4-6,9-16,21H,3,7-8,17-20,22-23H2,1-2H3,(H,31,34). The molecule has 0 bridgehead atoms. The number of nitrogens with zero attached hydrogens (tertiary/aromatic N) is 2. The molecule has 1 saturated heterocycles. The number of benzene rings is 3. The van der Waals surface area contributed by atoms with Gasteiger partial charge in [0.1, 0.15) is 12.4 Å². The van der Waals surface area contributed by atoms with Gasteiger partial charge in [0.25, 0.3) is 0 Å². The van der Waals surface area contributed by atoms with Gasteiger partial charge in [0, 0.05) is 25.3 Å². The Balaban J connectivity index is 1.46. The monoisotopic (exact) mass is 503 g/mol. The van der Waals surface area contributed by atoms with E-state index in [1.807, 2.05) is 84.6 Å². The molecule has 0 saturated carbocycles. The van der Waals surface area contributed by atoms with Crippen LogP contribution in [0.4, 0.5) is 10.5 Å². The minimum absolute atomic E-state index is 0.133. The van der Waals surface area contributed by atoms with Crippen molar-refractivity contribution in [3.63, 3.8) is 0 Å². The molecule has 1 heterocycles. The average molecular weight is 504 g/mol. The number of carbonyl (C=O) groups excluding carboxylic acids is 1. The number of ether oxygens (including phenoxy) is 3. The molecule has 0 aliphatic carbocycles. The fourth-order valence-electron chi connectivity index (χ4n) is 4.41. The van der Waals surface area contributed by atoms with E-state index in [0.29, 0.717) is 37.8 Å². The zero-order chi connectivity index (χ0) is 25.9. The van der Waals surface area contributed by atoms with Crippen molar-refractivity contribution < 1.29 is 19.0 Å². The van der Waals surface area contributed by atoms with Gasteiger partial charge in [-0.1, -0.05) is 36.4 Å². The fourth-order valence-corrected chi connectivity index (χ4v) is 4.41. The molecule has 1 N–H and O–H groups in total. The van der Waals surface area contributed by atoms with Crippen LogP contribution in [0.15, 0.2) is 72.8 Å². The first-order valence-electron chi connectivity index (χ1n) is 13.0. The molecule has 3 aromatic carbocycles.